The first-order valence-corrected chi connectivity index (χ1v) is 10.9. The van der Waals surface area contributed by atoms with Crippen LogP contribution in [-0.4, -0.2) is 15.6 Å². The van der Waals surface area contributed by atoms with Crippen molar-refractivity contribution >= 4 is 22.4 Å². The molecule has 0 saturated heterocycles. The Hall–Kier alpha value is -3.53. The Labute approximate surface area is 183 Å². The van der Waals surface area contributed by atoms with Crippen molar-refractivity contribution in [2.24, 2.45) is 0 Å². The normalized spacial score (nSPS) is 11.0. The van der Waals surface area contributed by atoms with Crippen molar-refractivity contribution in [2.75, 3.05) is 5.32 Å². The van der Waals surface area contributed by atoms with Crippen LogP contribution in [0.15, 0.2) is 79.0 Å². The molecule has 4 nitrogen and oxygen atoms in total. The van der Waals surface area contributed by atoms with E-state index in [-0.39, 0.29) is 11.8 Å². The Morgan fingerprint density at radius 2 is 1.71 bits per heavy atom. The van der Waals surface area contributed by atoms with Gasteiger partial charge in [0.1, 0.15) is 0 Å². The van der Waals surface area contributed by atoms with E-state index >= 15 is 0 Å². The number of aromatic hydroxyl groups is 1. The van der Waals surface area contributed by atoms with Crippen LogP contribution in [0.25, 0.3) is 10.8 Å². The number of hydrogen-bond acceptors (Lipinski definition) is 2. The number of nitrogens with zero attached hydrogens (tertiary/aromatic N) is 1. The van der Waals surface area contributed by atoms with Gasteiger partial charge in [-0.1, -0.05) is 62.2 Å². The number of benzene rings is 3. The third-order valence-electron chi connectivity index (χ3n) is 5.60. The SMILES string of the molecule is CCCCCc1ccc(C(=O)Nc2ccc3c(O)n(Cc4ccccc4)cc3c2)cc1. The number of anilines is 1. The molecule has 0 aliphatic carbocycles. The lowest BCUT2D eigenvalue weighted by molar-refractivity contribution is 0.102. The van der Waals surface area contributed by atoms with Crippen LogP contribution in [0.3, 0.4) is 0 Å². The van der Waals surface area contributed by atoms with Crippen LogP contribution in [0.4, 0.5) is 5.69 Å². The van der Waals surface area contributed by atoms with Gasteiger partial charge in [-0.05, 0) is 54.3 Å². The maximum Gasteiger partial charge on any atom is 0.255 e. The maximum atomic E-state index is 12.7. The molecule has 0 atom stereocenters. The number of unbranched alkanes of at least 4 members (excludes halogenated alkanes) is 2. The van der Waals surface area contributed by atoms with Crippen LogP contribution in [0, 0.1) is 0 Å². The Bertz CT molecular complexity index is 1160. The average Bonchev–Trinajstić information content (AvgIpc) is 3.09. The number of fused-ring (bicyclic) bond motifs is 1. The highest BCUT2D eigenvalue weighted by Crippen LogP contribution is 2.30. The third-order valence-corrected chi connectivity index (χ3v) is 5.60. The second-order valence-electron chi connectivity index (χ2n) is 7.98. The molecule has 1 aromatic heterocycles. The monoisotopic (exact) mass is 412 g/mol. The number of aryl methyl sites for hydroxylation is 1. The quantitative estimate of drug-likeness (QED) is 0.330. The molecular weight excluding hydrogens is 384 g/mol. The molecule has 158 valence electrons. The molecule has 0 spiro atoms. The van der Waals surface area contributed by atoms with Gasteiger partial charge in [-0.15, -0.1) is 0 Å². The molecule has 4 heteroatoms. The number of hydrogen-bond donors (Lipinski definition) is 2. The molecule has 0 fully saturated rings. The van der Waals surface area contributed by atoms with Crippen molar-refractivity contribution in [1.29, 1.82) is 0 Å². The summed E-state index contributed by atoms with van der Waals surface area (Å²) in [4.78, 5) is 12.7. The summed E-state index contributed by atoms with van der Waals surface area (Å²) in [6, 6.07) is 23.4. The lowest BCUT2D eigenvalue weighted by Crippen LogP contribution is -2.11. The van der Waals surface area contributed by atoms with Crippen LogP contribution in [0.5, 0.6) is 5.88 Å². The molecule has 0 bridgehead atoms. The molecule has 1 heterocycles. The largest absolute Gasteiger partial charge is 0.494 e. The standard InChI is InChI=1S/C27H28N2O2/c1-2-3-5-8-20-11-13-22(14-12-20)26(30)28-24-15-16-25-23(17-24)19-29(27(25)31)18-21-9-6-4-7-10-21/h4,6-7,9-17,19,31H,2-3,5,8,18H2,1H3,(H,28,30). The molecule has 2 N–H and O–H groups in total. The first kappa shape index (κ1) is 20.7. The van der Waals surface area contributed by atoms with E-state index in [1.54, 1.807) is 0 Å². The summed E-state index contributed by atoms with van der Waals surface area (Å²) < 4.78 is 1.82. The molecule has 1 amide bonds. The van der Waals surface area contributed by atoms with E-state index in [1.165, 1.54) is 24.8 Å². The number of amides is 1. The van der Waals surface area contributed by atoms with Gasteiger partial charge in [0, 0.05) is 28.2 Å². The summed E-state index contributed by atoms with van der Waals surface area (Å²) in [6.45, 7) is 2.79. The summed E-state index contributed by atoms with van der Waals surface area (Å²) >= 11 is 0. The molecule has 0 aliphatic rings. The first-order chi connectivity index (χ1) is 15.1. The van der Waals surface area contributed by atoms with E-state index < -0.39 is 0 Å². The zero-order valence-electron chi connectivity index (χ0n) is 17.8. The van der Waals surface area contributed by atoms with Crippen LogP contribution >= 0.6 is 0 Å². The predicted molar refractivity (Wildman–Crippen MR) is 127 cm³/mol. The molecule has 0 unspecified atom stereocenters. The van der Waals surface area contributed by atoms with Crippen LogP contribution in [0.2, 0.25) is 0 Å². The lowest BCUT2D eigenvalue weighted by atomic mass is 10.1. The molecule has 4 aromatic rings. The van der Waals surface area contributed by atoms with Gasteiger partial charge < -0.3 is 15.0 Å². The van der Waals surface area contributed by atoms with E-state index in [0.717, 1.165) is 22.8 Å². The number of carbonyl (C=O) groups excluding carboxylic acids is 1. The van der Waals surface area contributed by atoms with Gasteiger partial charge >= 0.3 is 0 Å². The minimum atomic E-state index is -0.132. The van der Waals surface area contributed by atoms with Gasteiger partial charge in [0.15, 0.2) is 5.88 Å². The van der Waals surface area contributed by atoms with Crippen molar-refractivity contribution in [3.05, 3.63) is 95.7 Å². The van der Waals surface area contributed by atoms with Gasteiger partial charge in [0.2, 0.25) is 0 Å². The lowest BCUT2D eigenvalue weighted by Gasteiger charge is -2.07. The minimum Gasteiger partial charge on any atom is -0.494 e. The van der Waals surface area contributed by atoms with Crippen LogP contribution in [0.1, 0.15) is 47.7 Å². The zero-order chi connectivity index (χ0) is 21.6. The molecule has 4 rings (SSSR count). The Morgan fingerprint density at radius 1 is 0.935 bits per heavy atom. The molecule has 3 aromatic carbocycles. The zero-order valence-corrected chi connectivity index (χ0v) is 17.8. The van der Waals surface area contributed by atoms with Gasteiger partial charge in [-0.3, -0.25) is 4.79 Å². The van der Waals surface area contributed by atoms with Gasteiger partial charge in [-0.2, -0.15) is 0 Å². The van der Waals surface area contributed by atoms with Gasteiger partial charge in [0.25, 0.3) is 5.91 Å². The summed E-state index contributed by atoms with van der Waals surface area (Å²) in [5.41, 5.74) is 3.73. The molecule has 0 aliphatic heterocycles. The van der Waals surface area contributed by atoms with Gasteiger partial charge in [-0.25, -0.2) is 0 Å². The van der Waals surface area contributed by atoms with E-state index in [0.29, 0.717) is 17.8 Å². The smallest absolute Gasteiger partial charge is 0.255 e. The molecule has 0 radical (unpaired) electrons. The van der Waals surface area contributed by atoms with E-state index in [2.05, 4.69) is 12.2 Å². The summed E-state index contributed by atoms with van der Waals surface area (Å²) in [7, 11) is 0. The highest BCUT2D eigenvalue weighted by Gasteiger charge is 2.11. The Kier molecular flexibility index (Phi) is 6.37. The fourth-order valence-electron chi connectivity index (χ4n) is 3.84. The van der Waals surface area contributed by atoms with Crippen molar-refractivity contribution in [1.82, 2.24) is 4.57 Å². The third kappa shape index (κ3) is 4.97. The number of nitrogens with one attached hydrogen (secondary N) is 1. The minimum absolute atomic E-state index is 0.132. The topological polar surface area (TPSA) is 54.3 Å². The van der Waals surface area contributed by atoms with Crippen LogP contribution in [-0.2, 0) is 13.0 Å². The highest BCUT2D eigenvalue weighted by molar-refractivity contribution is 6.05. The highest BCUT2D eigenvalue weighted by atomic mass is 16.3. The van der Waals surface area contributed by atoms with Crippen molar-refractivity contribution in [3.63, 3.8) is 0 Å². The summed E-state index contributed by atoms with van der Waals surface area (Å²) in [6.07, 6.45) is 6.58. The number of carbonyl (C=O) groups is 1. The van der Waals surface area contributed by atoms with Crippen molar-refractivity contribution in [2.45, 2.75) is 39.2 Å². The van der Waals surface area contributed by atoms with E-state index in [1.807, 2.05) is 83.6 Å². The maximum absolute atomic E-state index is 12.7. The van der Waals surface area contributed by atoms with E-state index in [4.69, 9.17) is 0 Å². The first-order valence-electron chi connectivity index (χ1n) is 10.9. The second-order valence-corrected chi connectivity index (χ2v) is 7.98. The predicted octanol–water partition coefficient (Wildman–Crippen LogP) is 6.38. The Morgan fingerprint density at radius 3 is 2.45 bits per heavy atom. The van der Waals surface area contributed by atoms with Crippen molar-refractivity contribution < 1.29 is 9.90 Å². The number of rotatable bonds is 8. The van der Waals surface area contributed by atoms with Crippen molar-refractivity contribution in [3.8, 4) is 5.88 Å². The second kappa shape index (κ2) is 9.52. The number of aromatic nitrogens is 1. The van der Waals surface area contributed by atoms with Crippen LogP contribution < -0.4 is 5.32 Å². The molecule has 31 heavy (non-hydrogen) atoms. The van der Waals surface area contributed by atoms with E-state index in [9.17, 15) is 9.90 Å². The summed E-state index contributed by atoms with van der Waals surface area (Å²) in [5.74, 6) is 0.0998. The fraction of sp³-hybridized carbons (Fsp3) is 0.222. The summed E-state index contributed by atoms with van der Waals surface area (Å²) in [5, 5.41) is 15.2. The molecule has 0 saturated carbocycles. The molecular formula is C27H28N2O2. The Balaban J connectivity index is 1.46. The fourth-order valence-corrected chi connectivity index (χ4v) is 3.84. The average molecular weight is 413 g/mol. The van der Waals surface area contributed by atoms with Gasteiger partial charge in [0.05, 0.1) is 6.54 Å².